The van der Waals surface area contributed by atoms with Crippen molar-refractivity contribution in [2.45, 2.75) is 44.2 Å². The van der Waals surface area contributed by atoms with Gasteiger partial charge in [0.2, 0.25) is 0 Å². The van der Waals surface area contributed by atoms with E-state index in [-0.39, 0.29) is 0 Å². The lowest BCUT2D eigenvalue weighted by Gasteiger charge is -2.34. The predicted octanol–water partition coefficient (Wildman–Crippen LogP) is 1.22. The van der Waals surface area contributed by atoms with Crippen molar-refractivity contribution in [2.75, 3.05) is 26.7 Å². The van der Waals surface area contributed by atoms with Crippen LogP contribution in [0.25, 0.3) is 0 Å². The number of hydrogen-bond donors (Lipinski definition) is 1. The van der Waals surface area contributed by atoms with Gasteiger partial charge in [0.1, 0.15) is 0 Å². The van der Waals surface area contributed by atoms with Crippen molar-refractivity contribution in [3.05, 3.63) is 0 Å². The van der Waals surface area contributed by atoms with Crippen LogP contribution in [0.5, 0.6) is 0 Å². The minimum Gasteiger partial charge on any atom is -0.381 e. The Bertz CT molecular complexity index is 190. The molecule has 1 saturated carbocycles. The van der Waals surface area contributed by atoms with Crippen LogP contribution < -0.4 is 5.73 Å². The van der Waals surface area contributed by atoms with Crippen LogP contribution in [0.1, 0.15) is 32.1 Å². The van der Waals surface area contributed by atoms with Crippen LogP contribution in [-0.4, -0.2) is 43.8 Å². The summed E-state index contributed by atoms with van der Waals surface area (Å²) in [4.78, 5) is 2.66. The van der Waals surface area contributed by atoms with E-state index in [9.17, 15) is 0 Å². The average Bonchev–Trinajstić information content (AvgIpc) is 2.78. The number of hydrogen-bond acceptors (Lipinski definition) is 3. The maximum absolute atomic E-state index is 5.72. The second kappa shape index (κ2) is 5.28. The molecule has 15 heavy (non-hydrogen) atoms. The molecule has 2 N–H and O–H groups in total. The number of methoxy groups -OCH3 is 1. The Morgan fingerprint density at radius 2 is 1.93 bits per heavy atom. The van der Waals surface area contributed by atoms with Crippen LogP contribution >= 0.6 is 0 Å². The first-order valence-corrected chi connectivity index (χ1v) is 6.30. The molecule has 2 fully saturated rings. The van der Waals surface area contributed by atoms with Crippen molar-refractivity contribution in [1.29, 1.82) is 0 Å². The maximum atomic E-state index is 5.72. The van der Waals surface area contributed by atoms with E-state index in [0.29, 0.717) is 6.10 Å². The van der Waals surface area contributed by atoms with Gasteiger partial charge in [0.05, 0.1) is 6.10 Å². The lowest BCUT2D eigenvalue weighted by Crippen LogP contribution is -2.38. The van der Waals surface area contributed by atoms with Crippen molar-refractivity contribution in [3.8, 4) is 0 Å². The van der Waals surface area contributed by atoms with E-state index < -0.39 is 0 Å². The first-order valence-electron chi connectivity index (χ1n) is 6.30. The van der Waals surface area contributed by atoms with Crippen molar-refractivity contribution in [3.63, 3.8) is 0 Å². The summed E-state index contributed by atoms with van der Waals surface area (Å²) in [6.07, 6.45) is 6.94. The highest BCUT2D eigenvalue weighted by atomic mass is 16.5. The highest BCUT2D eigenvalue weighted by molar-refractivity contribution is 4.85. The second-order valence-electron chi connectivity index (χ2n) is 5.05. The minimum absolute atomic E-state index is 0.522. The maximum Gasteiger partial charge on any atom is 0.0572 e. The van der Waals surface area contributed by atoms with Gasteiger partial charge in [0.25, 0.3) is 0 Å². The summed E-state index contributed by atoms with van der Waals surface area (Å²) in [6, 6.07) is 0.813. The Hall–Kier alpha value is -0.120. The van der Waals surface area contributed by atoms with Gasteiger partial charge in [-0.25, -0.2) is 0 Å². The summed E-state index contributed by atoms with van der Waals surface area (Å²) in [5.74, 6) is 0.755. The summed E-state index contributed by atoms with van der Waals surface area (Å²) in [7, 11) is 1.84. The molecule has 3 nitrogen and oxygen atoms in total. The highest BCUT2D eigenvalue weighted by Gasteiger charge is 2.30. The van der Waals surface area contributed by atoms with E-state index in [0.717, 1.165) is 18.5 Å². The fourth-order valence-electron chi connectivity index (χ4n) is 3.03. The molecule has 1 heterocycles. The van der Waals surface area contributed by atoms with Gasteiger partial charge in [-0.15, -0.1) is 0 Å². The van der Waals surface area contributed by atoms with Crippen molar-refractivity contribution < 1.29 is 4.74 Å². The third-order valence-electron chi connectivity index (χ3n) is 4.14. The van der Waals surface area contributed by atoms with Crippen molar-refractivity contribution in [1.82, 2.24) is 4.90 Å². The minimum atomic E-state index is 0.522. The molecule has 0 aromatic rings. The fourth-order valence-corrected chi connectivity index (χ4v) is 3.03. The quantitative estimate of drug-likeness (QED) is 0.764. The average molecular weight is 212 g/mol. The molecular formula is C12H24N2O. The van der Waals surface area contributed by atoms with Gasteiger partial charge >= 0.3 is 0 Å². The van der Waals surface area contributed by atoms with E-state index >= 15 is 0 Å². The molecule has 88 valence electrons. The molecule has 2 aliphatic rings. The van der Waals surface area contributed by atoms with Gasteiger partial charge in [-0.05, 0) is 51.1 Å². The molecule has 1 atom stereocenters. The van der Waals surface area contributed by atoms with E-state index in [1.54, 1.807) is 0 Å². The summed E-state index contributed by atoms with van der Waals surface area (Å²) in [5, 5.41) is 0. The van der Waals surface area contributed by atoms with Crippen LogP contribution in [0.15, 0.2) is 0 Å². The Kier molecular flexibility index (Phi) is 4.00. The first-order chi connectivity index (χ1) is 7.33. The Balaban J connectivity index is 1.76. The third kappa shape index (κ3) is 2.71. The molecule has 3 heteroatoms. The summed E-state index contributed by atoms with van der Waals surface area (Å²) >= 11 is 0. The van der Waals surface area contributed by atoms with Gasteiger partial charge in [-0.1, -0.05) is 0 Å². The third-order valence-corrected chi connectivity index (χ3v) is 4.14. The largest absolute Gasteiger partial charge is 0.381 e. The van der Waals surface area contributed by atoms with E-state index in [2.05, 4.69) is 4.90 Å². The molecule has 0 aromatic carbocycles. The number of likely N-dealkylation sites (tertiary alicyclic amines) is 1. The Morgan fingerprint density at radius 3 is 2.47 bits per heavy atom. The Labute approximate surface area is 93.0 Å². The van der Waals surface area contributed by atoms with Crippen molar-refractivity contribution in [2.24, 2.45) is 11.7 Å². The molecule has 0 bridgehead atoms. The summed E-state index contributed by atoms with van der Waals surface area (Å²) in [6.45, 7) is 3.37. The van der Waals surface area contributed by atoms with Gasteiger partial charge in [-0.3, -0.25) is 0 Å². The molecule has 2 rings (SSSR count). The number of rotatable bonds is 3. The van der Waals surface area contributed by atoms with E-state index in [1.165, 1.54) is 45.2 Å². The number of nitrogens with two attached hydrogens (primary N) is 1. The van der Waals surface area contributed by atoms with Gasteiger partial charge < -0.3 is 15.4 Å². The topological polar surface area (TPSA) is 38.5 Å². The monoisotopic (exact) mass is 212 g/mol. The summed E-state index contributed by atoms with van der Waals surface area (Å²) in [5.41, 5.74) is 5.72. The highest BCUT2D eigenvalue weighted by Crippen LogP contribution is 2.28. The zero-order valence-corrected chi connectivity index (χ0v) is 9.82. The van der Waals surface area contributed by atoms with E-state index in [4.69, 9.17) is 10.5 Å². The normalized spacial score (nSPS) is 38.4. The van der Waals surface area contributed by atoms with Crippen LogP contribution in [0.3, 0.4) is 0 Å². The molecule has 0 aromatic heterocycles. The smallest absolute Gasteiger partial charge is 0.0572 e. The van der Waals surface area contributed by atoms with Crippen LogP contribution in [0.2, 0.25) is 0 Å². The molecule has 1 aliphatic heterocycles. The first kappa shape index (κ1) is 11.4. The van der Waals surface area contributed by atoms with Crippen LogP contribution in [-0.2, 0) is 4.74 Å². The number of ether oxygens (including phenoxy) is 1. The van der Waals surface area contributed by atoms with Gasteiger partial charge in [0, 0.05) is 19.7 Å². The molecule has 0 radical (unpaired) electrons. The fraction of sp³-hybridized carbons (Fsp3) is 1.00. The van der Waals surface area contributed by atoms with Gasteiger partial charge in [-0.2, -0.15) is 0 Å². The zero-order chi connectivity index (χ0) is 10.7. The molecular weight excluding hydrogens is 188 g/mol. The SMILES string of the molecule is COC1CCC(N2CCC(CN)C2)CC1. The van der Waals surface area contributed by atoms with Gasteiger partial charge in [0.15, 0.2) is 0 Å². The predicted molar refractivity (Wildman–Crippen MR) is 61.8 cm³/mol. The molecule has 0 amide bonds. The van der Waals surface area contributed by atoms with Crippen LogP contribution in [0, 0.1) is 5.92 Å². The van der Waals surface area contributed by atoms with E-state index in [1.807, 2.05) is 7.11 Å². The molecule has 1 aliphatic carbocycles. The molecule has 1 saturated heterocycles. The Morgan fingerprint density at radius 1 is 1.20 bits per heavy atom. The zero-order valence-electron chi connectivity index (χ0n) is 9.82. The second-order valence-corrected chi connectivity index (χ2v) is 5.05. The molecule has 0 spiro atoms. The standard InChI is InChI=1S/C12H24N2O/c1-15-12-4-2-11(3-5-12)14-7-6-10(8-13)9-14/h10-12H,2-9,13H2,1H3. The summed E-state index contributed by atoms with van der Waals surface area (Å²) < 4.78 is 5.41. The number of nitrogens with zero attached hydrogens (tertiary/aromatic N) is 1. The lowest BCUT2D eigenvalue weighted by atomic mass is 9.92. The lowest BCUT2D eigenvalue weighted by molar-refractivity contribution is 0.0430. The molecule has 1 unspecified atom stereocenters. The van der Waals surface area contributed by atoms with Crippen LogP contribution in [0.4, 0.5) is 0 Å². The van der Waals surface area contributed by atoms with Crippen molar-refractivity contribution >= 4 is 0 Å².